The summed E-state index contributed by atoms with van der Waals surface area (Å²) in [4.78, 5) is 18.6. The maximum Gasteiger partial charge on any atom is 0.307 e. The van der Waals surface area contributed by atoms with Crippen LogP contribution in [0.1, 0.15) is 18.4 Å². The summed E-state index contributed by atoms with van der Waals surface area (Å²) in [6.07, 6.45) is 7.38. The Balaban J connectivity index is 1.49. The van der Waals surface area contributed by atoms with Gasteiger partial charge in [-0.2, -0.15) is 0 Å². The number of aliphatic carboxylic acids is 1. The highest BCUT2D eigenvalue weighted by molar-refractivity contribution is 5.84. The molecule has 0 spiro atoms. The summed E-state index contributed by atoms with van der Waals surface area (Å²) in [7, 11) is 0. The van der Waals surface area contributed by atoms with Crippen molar-refractivity contribution >= 4 is 12.2 Å². The van der Waals surface area contributed by atoms with Crippen LogP contribution in [0.25, 0.3) is 5.69 Å². The first kappa shape index (κ1) is 17.2. The van der Waals surface area contributed by atoms with Crippen molar-refractivity contribution in [3.8, 4) is 5.69 Å². The minimum atomic E-state index is -0.703. The highest BCUT2D eigenvalue weighted by Crippen LogP contribution is 2.16. The van der Waals surface area contributed by atoms with Crippen LogP contribution in [-0.2, 0) is 9.63 Å². The summed E-state index contributed by atoms with van der Waals surface area (Å²) in [6, 6.07) is 11.9. The molecule has 1 aromatic carbocycles. The number of benzene rings is 1. The van der Waals surface area contributed by atoms with E-state index in [-0.39, 0.29) is 5.92 Å². The minimum absolute atomic E-state index is 0.259. The van der Waals surface area contributed by atoms with Crippen molar-refractivity contribution in [2.45, 2.75) is 12.8 Å². The molecule has 6 heteroatoms. The lowest BCUT2D eigenvalue weighted by Gasteiger charge is -2.29. The van der Waals surface area contributed by atoms with E-state index in [2.05, 4.69) is 10.1 Å². The Kier molecular flexibility index (Phi) is 5.85. The van der Waals surface area contributed by atoms with Crippen molar-refractivity contribution in [1.29, 1.82) is 0 Å². The Hall–Kier alpha value is -2.60. The van der Waals surface area contributed by atoms with Gasteiger partial charge in [0.05, 0.1) is 17.8 Å². The van der Waals surface area contributed by atoms with Crippen LogP contribution in [0, 0.1) is 5.92 Å². The second kappa shape index (κ2) is 8.48. The standard InChI is InChI=1S/C19H23N3O3/c23-19(24)17-7-5-9-21(15-17)12-13-25-20-14-16-6-1-2-8-18(16)22-10-3-4-11-22/h1-4,6,8,10-11,14,17H,5,7,9,12-13,15H2,(H,23,24)/b20-14+. The topological polar surface area (TPSA) is 67.1 Å². The number of hydrogen-bond acceptors (Lipinski definition) is 4. The van der Waals surface area contributed by atoms with Gasteiger partial charge in [0, 0.05) is 31.0 Å². The zero-order chi connectivity index (χ0) is 17.5. The number of nitrogens with zero attached hydrogens (tertiary/aromatic N) is 3. The molecule has 2 heterocycles. The Morgan fingerprint density at radius 3 is 2.88 bits per heavy atom. The fourth-order valence-corrected chi connectivity index (χ4v) is 3.10. The largest absolute Gasteiger partial charge is 0.481 e. The Morgan fingerprint density at radius 2 is 2.08 bits per heavy atom. The van der Waals surface area contributed by atoms with Gasteiger partial charge in [-0.1, -0.05) is 23.4 Å². The van der Waals surface area contributed by atoms with Crippen molar-refractivity contribution in [3.63, 3.8) is 0 Å². The predicted octanol–water partition coefficient (Wildman–Crippen LogP) is 2.62. The number of para-hydroxylation sites is 1. The van der Waals surface area contributed by atoms with Gasteiger partial charge in [0.1, 0.15) is 6.61 Å². The van der Waals surface area contributed by atoms with Gasteiger partial charge in [0.2, 0.25) is 0 Å². The van der Waals surface area contributed by atoms with E-state index in [1.807, 2.05) is 53.4 Å². The molecule has 1 fully saturated rings. The first-order valence-corrected chi connectivity index (χ1v) is 8.57. The average Bonchev–Trinajstić information content (AvgIpc) is 3.16. The maximum absolute atomic E-state index is 11.1. The molecule has 1 N–H and O–H groups in total. The molecular formula is C19H23N3O3. The number of carboxylic acids is 1. The highest BCUT2D eigenvalue weighted by atomic mass is 16.6. The third-order valence-corrected chi connectivity index (χ3v) is 4.44. The van der Waals surface area contributed by atoms with Gasteiger partial charge in [-0.25, -0.2) is 0 Å². The van der Waals surface area contributed by atoms with Crippen molar-refractivity contribution in [2.24, 2.45) is 11.1 Å². The normalized spacial score (nSPS) is 18.5. The number of carboxylic acid groups (broad SMARTS) is 1. The number of piperidine rings is 1. The van der Waals surface area contributed by atoms with Gasteiger partial charge in [-0.05, 0) is 37.6 Å². The fraction of sp³-hybridized carbons (Fsp3) is 0.368. The molecule has 3 rings (SSSR count). The van der Waals surface area contributed by atoms with Crippen molar-refractivity contribution < 1.29 is 14.7 Å². The van der Waals surface area contributed by atoms with Crippen molar-refractivity contribution in [3.05, 3.63) is 54.4 Å². The summed E-state index contributed by atoms with van der Waals surface area (Å²) in [5.74, 6) is -0.962. The molecule has 6 nitrogen and oxygen atoms in total. The van der Waals surface area contributed by atoms with Gasteiger partial charge in [0.25, 0.3) is 0 Å². The van der Waals surface area contributed by atoms with Crippen LogP contribution >= 0.6 is 0 Å². The minimum Gasteiger partial charge on any atom is -0.481 e. The molecule has 132 valence electrons. The number of oxime groups is 1. The predicted molar refractivity (Wildman–Crippen MR) is 96.1 cm³/mol. The molecule has 1 unspecified atom stereocenters. The van der Waals surface area contributed by atoms with E-state index in [1.54, 1.807) is 6.21 Å². The van der Waals surface area contributed by atoms with E-state index in [9.17, 15) is 4.79 Å². The Bertz CT molecular complexity index is 712. The van der Waals surface area contributed by atoms with Crippen LogP contribution in [0.3, 0.4) is 0 Å². The number of rotatable bonds is 7. The van der Waals surface area contributed by atoms with Crippen LogP contribution in [0.5, 0.6) is 0 Å². The van der Waals surface area contributed by atoms with Crippen LogP contribution < -0.4 is 0 Å². The van der Waals surface area contributed by atoms with Gasteiger partial charge in [0.15, 0.2) is 0 Å². The zero-order valence-electron chi connectivity index (χ0n) is 14.1. The molecule has 1 saturated heterocycles. The maximum atomic E-state index is 11.1. The van der Waals surface area contributed by atoms with Crippen molar-refractivity contribution in [2.75, 3.05) is 26.2 Å². The van der Waals surface area contributed by atoms with E-state index < -0.39 is 5.97 Å². The lowest BCUT2D eigenvalue weighted by atomic mass is 9.98. The fourth-order valence-electron chi connectivity index (χ4n) is 3.10. The molecule has 1 aromatic heterocycles. The van der Waals surface area contributed by atoms with E-state index in [1.165, 1.54) is 0 Å². The van der Waals surface area contributed by atoms with Crippen LogP contribution in [-0.4, -0.2) is 53.0 Å². The summed E-state index contributed by atoms with van der Waals surface area (Å²) >= 11 is 0. The second-order valence-corrected chi connectivity index (χ2v) is 6.19. The van der Waals surface area contributed by atoms with E-state index >= 15 is 0 Å². The molecule has 0 bridgehead atoms. The smallest absolute Gasteiger partial charge is 0.307 e. The van der Waals surface area contributed by atoms with Gasteiger partial charge >= 0.3 is 5.97 Å². The van der Waals surface area contributed by atoms with Crippen LogP contribution in [0.4, 0.5) is 0 Å². The molecule has 1 aliphatic heterocycles. The van der Waals surface area contributed by atoms with Gasteiger partial charge in [-0.15, -0.1) is 0 Å². The third kappa shape index (κ3) is 4.70. The van der Waals surface area contributed by atoms with Crippen LogP contribution in [0.15, 0.2) is 53.9 Å². The first-order chi connectivity index (χ1) is 12.2. The third-order valence-electron chi connectivity index (χ3n) is 4.44. The van der Waals surface area contributed by atoms with Gasteiger partial charge < -0.3 is 14.5 Å². The molecule has 1 aliphatic rings. The molecule has 0 amide bonds. The molecule has 0 aliphatic carbocycles. The molecule has 0 radical (unpaired) electrons. The Labute approximate surface area is 147 Å². The van der Waals surface area contributed by atoms with E-state index in [0.717, 1.165) is 30.6 Å². The number of hydrogen-bond donors (Lipinski definition) is 1. The van der Waals surface area contributed by atoms with Gasteiger partial charge in [-0.3, -0.25) is 9.69 Å². The lowest BCUT2D eigenvalue weighted by molar-refractivity contribution is -0.143. The first-order valence-electron chi connectivity index (χ1n) is 8.57. The molecule has 1 atom stereocenters. The number of carbonyl (C=O) groups is 1. The zero-order valence-corrected chi connectivity index (χ0v) is 14.1. The summed E-state index contributed by atoms with van der Waals surface area (Å²) in [5, 5.41) is 13.2. The highest BCUT2D eigenvalue weighted by Gasteiger charge is 2.24. The van der Waals surface area contributed by atoms with E-state index in [4.69, 9.17) is 9.94 Å². The van der Waals surface area contributed by atoms with Crippen molar-refractivity contribution in [1.82, 2.24) is 9.47 Å². The number of likely N-dealkylation sites (tertiary alicyclic amines) is 1. The average molecular weight is 341 g/mol. The SMILES string of the molecule is O=C(O)C1CCCN(CCO/N=C/c2ccccc2-n2cccc2)C1. The monoisotopic (exact) mass is 341 g/mol. The molecular weight excluding hydrogens is 318 g/mol. The lowest BCUT2D eigenvalue weighted by Crippen LogP contribution is -2.40. The second-order valence-electron chi connectivity index (χ2n) is 6.19. The summed E-state index contributed by atoms with van der Waals surface area (Å²) in [5.41, 5.74) is 2.02. The summed E-state index contributed by atoms with van der Waals surface area (Å²) < 4.78 is 2.03. The van der Waals surface area contributed by atoms with Crippen LogP contribution in [0.2, 0.25) is 0 Å². The van der Waals surface area contributed by atoms with E-state index in [0.29, 0.717) is 19.7 Å². The molecule has 0 saturated carbocycles. The molecule has 25 heavy (non-hydrogen) atoms. The summed E-state index contributed by atoms with van der Waals surface area (Å²) in [6.45, 7) is 2.67. The quantitative estimate of drug-likeness (QED) is 0.478. The number of aromatic nitrogens is 1. The Morgan fingerprint density at radius 1 is 1.28 bits per heavy atom. The molecule has 2 aromatic rings.